The van der Waals surface area contributed by atoms with Crippen molar-refractivity contribution in [3.63, 3.8) is 0 Å². The zero-order valence-electron chi connectivity index (χ0n) is 12.6. The Balaban J connectivity index is 2.05. The Morgan fingerprint density at radius 3 is 2.83 bits per heavy atom. The summed E-state index contributed by atoms with van der Waals surface area (Å²) in [6, 6.07) is 4.08. The number of hydrogen-bond acceptors (Lipinski definition) is 2. The highest BCUT2D eigenvalue weighted by molar-refractivity contribution is 6.33. The van der Waals surface area contributed by atoms with Gasteiger partial charge in [-0.3, -0.25) is 10.00 Å². The highest BCUT2D eigenvalue weighted by Gasteiger charge is 2.13. The van der Waals surface area contributed by atoms with Crippen LogP contribution in [-0.4, -0.2) is 22.4 Å². The molecule has 23 heavy (non-hydrogen) atoms. The number of urea groups is 1. The number of rotatable bonds is 6. The zero-order chi connectivity index (χ0) is 16.8. The summed E-state index contributed by atoms with van der Waals surface area (Å²) < 4.78 is 15.2. The molecule has 0 bridgehead atoms. The largest absolute Gasteiger partial charge is 0.338 e. The van der Waals surface area contributed by atoms with Gasteiger partial charge in [0, 0.05) is 23.3 Å². The van der Waals surface area contributed by atoms with Crippen molar-refractivity contribution in [1.29, 1.82) is 0 Å². The minimum absolute atomic E-state index is 0.115. The third kappa shape index (κ3) is 4.84. The summed E-state index contributed by atoms with van der Waals surface area (Å²) in [4.78, 5) is 11.7. The normalized spacial score (nSPS) is 10.6. The number of amides is 2. The number of anilines is 1. The number of carbonyl (C=O) groups is 1. The molecule has 5 nitrogen and oxygen atoms in total. The van der Waals surface area contributed by atoms with Crippen molar-refractivity contribution in [1.82, 2.24) is 15.1 Å². The zero-order valence-corrected chi connectivity index (χ0v) is 14.1. The van der Waals surface area contributed by atoms with Crippen molar-refractivity contribution in [2.45, 2.75) is 26.3 Å². The summed E-state index contributed by atoms with van der Waals surface area (Å²) in [5.74, 6) is -0.205. The van der Waals surface area contributed by atoms with E-state index in [1.54, 1.807) is 6.07 Å². The first-order valence-electron chi connectivity index (χ1n) is 7.22. The number of unbranched alkanes of at least 4 members (excludes halogenated alkanes) is 1. The minimum atomic E-state index is -0.420. The molecular weight excluding hydrogens is 342 g/mol. The Morgan fingerprint density at radius 1 is 1.35 bits per heavy atom. The topological polar surface area (TPSA) is 59.0 Å². The fraction of sp³-hybridized carbons (Fsp3) is 0.333. The maximum atomic E-state index is 13.8. The molecule has 0 aliphatic rings. The lowest BCUT2D eigenvalue weighted by molar-refractivity contribution is 0.252. The van der Waals surface area contributed by atoms with Crippen LogP contribution >= 0.6 is 23.2 Å². The number of carbonyl (C=O) groups excluding carboxylic acids is 1. The Labute approximate surface area is 143 Å². The highest BCUT2D eigenvalue weighted by atomic mass is 35.5. The van der Waals surface area contributed by atoms with Crippen LogP contribution in [0.2, 0.25) is 10.0 Å². The molecule has 0 aliphatic carbocycles. The fourth-order valence-corrected chi connectivity index (χ4v) is 2.36. The average molecular weight is 359 g/mol. The lowest BCUT2D eigenvalue weighted by Crippen LogP contribution is -2.29. The van der Waals surface area contributed by atoms with Gasteiger partial charge in [-0.25, -0.2) is 9.18 Å². The van der Waals surface area contributed by atoms with E-state index in [9.17, 15) is 9.18 Å². The molecule has 0 atom stereocenters. The van der Waals surface area contributed by atoms with Gasteiger partial charge in [0.1, 0.15) is 10.8 Å². The SMILES string of the molecule is CCCCNC(=O)Nc1nn(Cc2c(F)cccc2Cl)cc1Cl. The van der Waals surface area contributed by atoms with Crippen LogP contribution < -0.4 is 10.6 Å². The van der Waals surface area contributed by atoms with E-state index in [2.05, 4.69) is 15.7 Å². The number of aromatic nitrogens is 2. The van der Waals surface area contributed by atoms with Gasteiger partial charge in [-0.2, -0.15) is 5.10 Å². The lowest BCUT2D eigenvalue weighted by atomic mass is 10.2. The number of halogens is 3. The van der Waals surface area contributed by atoms with Crippen LogP contribution in [0.4, 0.5) is 15.0 Å². The van der Waals surface area contributed by atoms with Gasteiger partial charge in [-0.15, -0.1) is 0 Å². The monoisotopic (exact) mass is 358 g/mol. The second kappa shape index (κ2) is 8.17. The first kappa shape index (κ1) is 17.6. The van der Waals surface area contributed by atoms with E-state index in [0.29, 0.717) is 17.1 Å². The summed E-state index contributed by atoms with van der Waals surface area (Å²) in [5, 5.41) is 9.98. The van der Waals surface area contributed by atoms with Gasteiger partial charge in [-0.05, 0) is 18.6 Å². The molecule has 1 heterocycles. The highest BCUT2D eigenvalue weighted by Crippen LogP contribution is 2.23. The lowest BCUT2D eigenvalue weighted by Gasteiger charge is -2.06. The standard InChI is InChI=1S/C15H17Cl2FN4O/c1-2-3-7-19-15(23)20-14-12(17)9-22(21-14)8-10-11(16)5-4-6-13(10)18/h4-6,9H,2-3,7-8H2,1H3,(H2,19,20,21,23). The Hall–Kier alpha value is -1.79. The smallest absolute Gasteiger partial charge is 0.320 e. The van der Waals surface area contributed by atoms with Crippen LogP contribution in [0.15, 0.2) is 24.4 Å². The van der Waals surface area contributed by atoms with Gasteiger partial charge >= 0.3 is 6.03 Å². The fourth-order valence-electron chi connectivity index (χ4n) is 1.94. The summed E-state index contributed by atoms with van der Waals surface area (Å²) in [7, 11) is 0. The first-order chi connectivity index (χ1) is 11.0. The molecule has 2 aromatic rings. The van der Waals surface area contributed by atoms with Gasteiger partial charge in [-0.1, -0.05) is 42.6 Å². The Bertz CT molecular complexity index is 670. The molecule has 124 valence electrons. The predicted molar refractivity (Wildman–Crippen MR) is 89.7 cm³/mol. The van der Waals surface area contributed by atoms with Crippen molar-refractivity contribution < 1.29 is 9.18 Å². The van der Waals surface area contributed by atoms with E-state index >= 15 is 0 Å². The molecule has 0 unspecified atom stereocenters. The van der Waals surface area contributed by atoms with Crippen LogP contribution in [0.25, 0.3) is 0 Å². The molecule has 2 amide bonds. The molecule has 2 N–H and O–H groups in total. The summed E-state index contributed by atoms with van der Waals surface area (Å²) in [5.41, 5.74) is 0.312. The van der Waals surface area contributed by atoms with Crippen LogP contribution in [0.3, 0.4) is 0 Å². The van der Waals surface area contributed by atoms with Gasteiger partial charge in [0.15, 0.2) is 5.82 Å². The van der Waals surface area contributed by atoms with E-state index in [1.165, 1.54) is 23.0 Å². The molecule has 0 radical (unpaired) electrons. The number of benzene rings is 1. The molecule has 0 aliphatic heterocycles. The van der Waals surface area contributed by atoms with E-state index in [1.807, 2.05) is 6.92 Å². The minimum Gasteiger partial charge on any atom is -0.338 e. The van der Waals surface area contributed by atoms with Crippen LogP contribution in [0.1, 0.15) is 25.3 Å². The number of hydrogen-bond donors (Lipinski definition) is 2. The van der Waals surface area contributed by atoms with E-state index in [0.717, 1.165) is 12.8 Å². The van der Waals surface area contributed by atoms with Crippen LogP contribution in [0.5, 0.6) is 0 Å². The van der Waals surface area contributed by atoms with Crippen molar-refractivity contribution in [2.24, 2.45) is 0 Å². The number of nitrogens with one attached hydrogen (secondary N) is 2. The van der Waals surface area contributed by atoms with Gasteiger partial charge in [0.05, 0.1) is 6.54 Å². The second-order valence-electron chi connectivity index (χ2n) is 4.96. The molecule has 0 saturated carbocycles. The van der Waals surface area contributed by atoms with Crippen LogP contribution in [-0.2, 0) is 6.54 Å². The van der Waals surface area contributed by atoms with Crippen molar-refractivity contribution in [3.05, 3.63) is 45.8 Å². The van der Waals surface area contributed by atoms with Crippen LogP contribution in [0, 0.1) is 5.82 Å². The average Bonchev–Trinajstić information content (AvgIpc) is 2.83. The molecule has 0 spiro atoms. The first-order valence-corrected chi connectivity index (χ1v) is 7.97. The molecule has 0 fully saturated rings. The molecule has 1 aromatic carbocycles. The molecular formula is C15H17Cl2FN4O. The van der Waals surface area contributed by atoms with E-state index in [-0.39, 0.29) is 23.4 Å². The summed E-state index contributed by atoms with van der Waals surface area (Å²) in [6.07, 6.45) is 3.38. The Kier molecular flexibility index (Phi) is 6.24. The maximum absolute atomic E-state index is 13.8. The van der Waals surface area contributed by atoms with Crippen molar-refractivity contribution in [3.8, 4) is 0 Å². The molecule has 2 rings (SSSR count). The Morgan fingerprint density at radius 2 is 2.13 bits per heavy atom. The second-order valence-corrected chi connectivity index (χ2v) is 5.77. The van der Waals surface area contributed by atoms with E-state index in [4.69, 9.17) is 23.2 Å². The van der Waals surface area contributed by atoms with Gasteiger partial charge < -0.3 is 5.32 Å². The molecule has 1 aromatic heterocycles. The maximum Gasteiger partial charge on any atom is 0.320 e. The van der Waals surface area contributed by atoms with E-state index < -0.39 is 5.82 Å². The summed E-state index contributed by atoms with van der Waals surface area (Å²) >= 11 is 12.0. The van der Waals surface area contributed by atoms with Gasteiger partial charge in [0.2, 0.25) is 0 Å². The van der Waals surface area contributed by atoms with Crippen molar-refractivity contribution >= 4 is 35.1 Å². The summed E-state index contributed by atoms with van der Waals surface area (Å²) in [6.45, 7) is 2.72. The molecule has 8 heteroatoms. The third-order valence-corrected chi connectivity index (χ3v) is 3.78. The predicted octanol–water partition coefficient (Wildman–Crippen LogP) is 4.30. The van der Waals surface area contributed by atoms with Crippen molar-refractivity contribution in [2.75, 3.05) is 11.9 Å². The van der Waals surface area contributed by atoms with Gasteiger partial charge in [0.25, 0.3) is 0 Å². The molecule has 0 saturated heterocycles. The third-order valence-electron chi connectivity index (χ3n) is 3.15. The number of nitrogens with zero attached hydrogens (tertiary/aromatic N) is 2. The quantitative estimate of drug-likeness (QED) is 0.756.